The molecule has 2 nitrogen and oxygen atoms in total. The quantitative estimate of drug-likeness (QED) is 0.758. The normalized spacial score (nSPS) is 38.6. The molecule has 98 valence electrons. The van der Waals surface area contributed by atoms with Gasteiger partial charge in [0.25, 0.3) is 0 Å². The Balaban J connectivity index is 1.56. The fourth-order valence-corrected chi connectivity index (χ4v) is 4.55. The van der Waals surface area contributed by atoms with Crippen LogP contribution in [0, 0.1) is 5.41 Å². The van der Waals surface area contributed by atoms with Gasteiger partial charge in [-0.1, -0.05) is 25.7 Å². The van der Waals surface area contributed by atoms with Crippen molar-refractivity contribution in [2.45, 2.75) is 76.3 Å². The van der Waals surface area contributed by atoms with Crippen molar-refractivity contribution in [2.75, 3.05) is 13.1 Å². The standard InChI is InChI=1S/C15H28N2/c16-13-5-4-6-14(13)17-11-9-15(10-12-17)7-2-1-3-8-15/h13-14H,1-12,16H2. The Bertz CT molecular complexity index is 248. The number of likely N-dealkylation sites (tertiary alicyclic amines) is 1. The Labute approximate surface area is 106 Å². The van der Waals surface area contributed by atoms with E-state index < -0.39 is 0 Å². The number of hydrogen-bond acceptors (Lipinski definition) is 2. The van der Waals surface area contributed by atoms with E-state index in [0.717, 1.165) is 11.5 Å². The molecule has 1 saturated heterocycles. The van der Waals surface area contributed by atoms with Crippen LogP contribution in [0.3, 0.4) is 0 Å². The number of rotatable bonds is 1. The predicted molar refractivity (Wildman–Crippen MR) is 71.9 cm³/mol. The van der Waals surface area contributed by atoms with Gasteiger partial charge in [0.2, 0.25) is 0 Å². The molecule has 2 N–H and O–H groups in total. The maximum Gasteiger partial charge on any atom is 0.0247 e. The van der Waals surface area contributed by atoms with Crippen molar-refractivity contribution in [3.8, 4) is 0 Å². The van der Waals surface area contributed by atoms with Crippen molar-refractivity contribution in [1.82, 2.24) is 4.90 Å². The van der Waals surface area contributed by atoms with Crippen LogP contribution in [0.2, 0.25) is 0 Å². The monoisotopic (exact) mass is 236 g/mol. The van der Waals surface area contributed by atoms with Gasteiger partial charge in [-0.2, -0.15) is 0 Å². The van der Waals surface area contributed by atoms with E-state index >= 15 is 0 Å². The van der Waals surface area contributed by atoms with Gasteiger partial charge in [0.1, 0.15) is 0 Å². The lowest BCUT2D eigenvalue weighted by molar-refractivity contribution is 0.0429. The molecule has 0 bridgehead atoms. The minimum Gasteiger partial charge on any atom is -0.326 e. The zero-order valence-electron chi connectivity index (χ0n) is 11.2. The van der Waals surface area contributed by atoms with Crippen LogP contribution in [0.1, 0.15) is 64.2 Å². The molecule has 0 radical (unpaired) electrons. The topological polar surface area (TPSA) is 29.3 Å². The number of nitrogens with two attached hydrogens (primary N) is 1. The van der Waals surface area contributed by atoms with E-state index in [1.54, 1.807) is 0 Å². The second-order valence-corrected chi connectivity index (χ2v) is 6.76. The zero-order valence-corrected chi connectivity index (χ0v) is 11.2. The third-order valence-corrected chi connectivity index (χ3v) is 5.77. The summed E-state index contributed by atoms with van der Waals surface area (Å²) in [5, 5.41) is 0. The van der Waals surface area contributed by atoms with Crippen LogP contribution in [0.4, 0.5) is 0 Å². The molecule has 1 spiro atoms. The average molecular weight is 236 g/mol. The Morgan fingerprint density at radius 3 is 2.12 bits per heavy atom. The summed E-state index contributed by atoms with van der Waals surface area (Å²) in [6.45, 7) is 2.66. The summed E-state index contributed by atoms with van der Waals surface area (Å²) in [6, 6.07) is 1.19. The average Bonchev–Trinajstić information content (AvgIpc) is 2.78. The molecule has 2 heteroatoms. The largest absolute Gasteiger partial charge is 0.326 e. The van der Waals surface area contributed by atoms with Gasteiger partial charge in [-0.15, -0.1) is 0 Å². The molecule has 1 heterocycles. The highest BCUT2D eigenvalue weighted by atomic mass is 15.2. The molecule has 3 fully saturated rings. The summed E-state index contributed by atoms with van der Waals surface area (Å²) < 4.78 is 0. The van der Waals surface area contributed by atoms with E-state index in [1.807, 2.05) is 0 Å². The van der Waals surface area contributed by atoms with Crippen LogP contribution in [-0.2, 0) is 0 Å². The maximum atomic E-state index is 6.24. The predicted octanol–water partition coefficient (Wildman–Crippen LogP) is 2.91. The van der Waals surface area contributed by atoms with E-state index in [9.17, 15) is 0 Å². The molecule has 3 aliphatic rings. The van der Waals surface area contributed by atoms with Gasteiger partial charge in [-0.25, -0.2) is 0 Å². The van der Waals surface area contributed by atoms with Crippen LogP contribution in [0.25, 0.3) is 0 Å². The van der Waals surface area contributed by atoms with E-state index in [4.69, 9.17) is 5.73 Å². The van der Waals surface area contributed by atoms with Gasteiger partial charge in [-0.05, 0) is 57.0 Å². The molecule has 2 saturated carbocycles. The summed E-state index contributed by atoms with van der Waals surface area (Å²) in [7, 11) is 0. The van der Waals surface area contributed by atoms with Gasteiger partial charge in [0, 0.05) is 12.1 Å². The lowest BCUT2D eigenvalue weighted by atomic mass is 9.68. The highest BCUT2D eigenvalue weighted by Crippen LogP contribution is 2.45. The highest BCUT2D eigenvalue weighted by molar-refractivity contribution is 4.94. The summed E-state index contributed by atoms with van der Waals surface area (Å²) in [5.41, 5.74) is 6.99. The van der Waals surface area contributed by atoms with Gasteiger partial charge in [0.15, 0.2) is 0 Å². The Morgan fingerprint density at radius 1 is 0.824 bits per heavy atom. The van der Waals surface area contributed by atoms with E-state index in [-0.39, 0.29) is 0 Å². The molecule has 0 aromatic carbocycles. The maximum absolute atomic E-state index is 6.24. The van der Waals surface area contributed by atoms with Crippen LogP contribution in [0.15, 0.2) is 0 Å². The van der Waals surface area contributed by atoms with Gasteiger partial charge in [-0.3, -0.25) is 4.90 Å². The molecule has 2 atom stereocenters. The fourth-order valence-electron chi connectivity index (χ4n) is 4.55. The van der Waals surface area contributed by atoms with Crippen LogP contribution in [0.5, 0.6) is 0 Å². The molecular formula is C15H28N2. The van der Waals surface area contributed by atoms with Crippen molar-refractivity contribution < 1.29 is 0 Å². The van der Waals surface area contributed by atoms with Crippen molar-refractivity contribution in [3.63, 3.8) is 0 Å². The van der Waals surface area contributed by atoms with Crippen molar-refractivity contribution in [3.05, 3.63) is 0 Å². The van der Waals surface area contributed by atoms with Gasteiger partial charge < -0.3 is 5.73 Å². The summed E-state index contributed by atoms with van der Waals surface area (Å²) >= 11 is 0. The molecule has 0 aromatic heterocycles. The van der Waals surface area contributed by atoms with Crippen molar-refractivity contribution in [2.24, 2.45) is 11.1 Å². The van der Waals surface area contributed by atoms with Crippen molar-refractivity contribution >= 4 is 0 Å². The number of piperidine rings is 1. The zero-order chi connectivity index (χ0) is 11.7. The molecule has 0 amide bonds. The third kappa shape index (κ3) is 2.39. The fraction of sp³-hybridized carbons (Fsp3) is 1.00. The summed E-state index contributed by atoms with van der Waals surface area (Å²) in [4.78, 5) is 2.72. The molecular weight excluding hydrogens is 208 g/mol. The number of hydrogen-bond donors (Lipinski definition) is 1. The Hall–Kier alpha value is -0.0800. The third-order valence-electron chi connectivity index (χ3n) is 5.77. The first-order chi connectivity index (χ1) is 8.29. The SMILES string of the molecule is NC1CCCC1N1CCC2(CCCCC2)CC1. The van der Waals surface area contributed by atoms with E-state index in [1.165, 1.54) is 77.3 Å². The highest BCUT2D eigenvalue weighted by Gasteiger charge is 2.39. The van der Waals surface area contributed by atoms with Gasteiger partial charge in [0.05, 0.1) is 0 Å². The van der Waals surface area contributed by atoms with Gasteiger partial charge >= 0.3 is 0 Å². The first-order valence-corrected chi connectivity index (χ1v) is 7.79. The molecule has 1 aliphatic heterocycles. The van der Waals surface area contributed by atoms with E-state index in [2.05, 4.69) is 4.90 Å². The summed E-state index contributed by atoms with van der Waals surface area (Å²) in [5.74, 6) is 0. The van der Waals surface area contributed by atoms with Crippen LogP contribution < -0.4 is 5.73 Å². The first kappa shape index (κ1) is 12.0. The Morgan fingerprint density at radius 2 is 1.53 bits per heavy atom. The van der Waals surface area contributed by atoms with Crippen molar-refractivity contribution in [1.29, 1.82) is 0 Å². The first-order valence-electron chi connectivity index (χ1n) is 7.79. The smallest absolute Gasteiger partial charge is 0.0247 e. The van der Waals surface area contributed by atoms with Crippen LogP contribution in [-0.4, -0.2) is 30.1 Å². The molecule has 3 rings (SSSR count). The molecule has 0 aromatic rings. The molecule has 17 heavy (non-hydrogen) atoms. The lowest BCUT2D eigenvalue weighted by Crippen LogP contribution is -2.50. The molecule has 2 aliphatic carbocycles. The number of nitrogens with zero attached hydrogens (tertiary/aromatic N) is 1. The minimum absolute atomic E-state index is 0.468. The molecule has 2 unspecified atom stereocenters. The Kier molecular flexibility index (Phi) is 3.45. The van der Waals surface area contributed by atoms with Crippen LogP contribution >= 0.6 is 0 Å². The minimum atomic E-state index is 0.468. The summed E-state index contributed by atoms with van der Waals surface area (Å²) in [6.07, 6.45) is 14.4. The lowest BCUT2D eigenvalue weighted by Gasteiger charge is -2.46. The second kappa shape index (κ2) is 4.89. The second-order valence-electron chi connectivity index (χ2n) is 6.76. The van der Waals surface area contributed by atoms with E-state index in [0.29, 0.717) is 6.04 Å².